The number of aryl methyl sites for hydroxylation is 1. The van der Waals surface area contributed by atoms with Crippen LogP contribution in [0.25, 0.3) is 11.6 Å². The lowest BCUT2D eigenvalue weighted by atomic mass is 10.0. The average molecular weight is 434 g/mol. The molecule has 3 rings (SSSR count). The average Bonchev–Trinajstić information content (AvgIpc) is 3.15. The Hall–Kier alpha value is -3.07. The number of halogens is 3. The number of likely N-dealkylation sites (N-methyl/N-ethyl adjacent to an activating group) is 1. The van der Waals surface area contributed by atoms with Crippen LogP contribution in [-0.4, -0.2) is 41.3 Å². The number of hydrogen-bond donors (Lipinski definition) is 3. The van der Waals surface area contributed by atoms with Gasteiger partial charge in [-0.05, 0) is 50.7 Å². The smallest absolute Gasteiger partial charge is 0.357 e. The highest BCUT2D eigenvalue weighted by atomic mass is 19.4. The lowest BCUT2D eigenvalue weighted by Gasteiger charge is -2.17. The fourth-order valence-electron chi connectivity index (χ4n) is 3.59. The van der Waals surface area contributed by atoms with Crippen molar-refractivity contribution < 1.29 is 22.8 Å². The standard InChI is InChI=1S/C22H25F3N4O2/c1-5-29(6-2)11-19(30)28-20-12(3)17(26-13(20)4)10-16-15-8-7-14(22(23,24)25)9-18(15)27-21(16)31/h7-10,26H,5-6,11H2,1-4H3,(H,27,31)(H,28,30)/b16-10-. The molecule has 0 spiro atoms. The Morgan fingerprint density at radius 3 is 2.48 bits per heavy atom. The monoisotopic (exact) mass is 434 g/mol. The van der Waals surface area contributed by atoms with Crippen LogP contribution in [0, 0.1) is 13.8 Å². The van der Waals surface area contributed by atoms with E-state index in [-0.39, 0.29) is 23.7 Å². The number of carbonyl (C=O) groups excluding carboxylic acids is 2. The van der Waals surface area contributed by atoms with Crippen LogP contribution in [-0.2, 0) is 15.8 Å². The first kappa shape index (κ1) is 22.6. The lowest BCUT2D eigenvalue weighted by Crippen LogP contribution is -2.33. The minimum atomic E-state index is -4.49. The van der Waals surface area contributed by atoms with Crippen molar-refractivity contribution in [2.45, 2.75) is 33.9 Å². The minimum absolute atomic E-state index is 0.125. The Bertz CT molecular complexity index is 1050. The summed E-state index contributed by atoms with van der Waals surface area (Å²) in [7, 11) is 0. The highest BCUT2D eigenvalue weighted by Crippen LogP contribution is 2.39. The molecule has 1 aromatic carbocycles. The van der Waals surface area contributed by atoms with Gasteiger partial charge in [0.25, 0.3) is 5.91 Å². The Balaban J connectivity index is 1.89. The number of H-pyrrole nitrogens is 1. The van der Waals surface area contributed by atoms with Crippen molar-refractivity contribution >= 4 is 34.8 Å². The number of anilines is 2. The Morgan fingerprint density at radius 1 is 1.19 bits per heavy atom. The van der Waals surface area contributed by atoms with Gasteiger partial charge in [-0.3, -0.25) is 14.5 Å². The molecule has 31 heavy (non-hydrogen) atoms. The highest BCUT2D eigenvalue weighted by Gasteiger charge is 2.33. The number of amides is 2. The fraction of sp³-hybridized carbons (Fsp3) is 0.364. The van der Waals surface area contributed by atoms with Crippen LogP contribution in [0.3, 0.4) is 0 Å². The number of hydrogen-bond acceptors (Lipinski definition) is 3. The van der Waals surface area contributed by atoms with E-state index in [0.29, 0.717) is 16.9 Å². The molecule has 9 heteroatoms. The molecule has 1 aliphatic rings. The maximum atomic E-state index is 13.0. The van der Waals surface area contributed by atoms with Gasteiger partial charge in [-0.15, -0.1) is 0 Å². The van der Waals surface area contributed by atoms with Gasteiger partial charge in [0, 0.05) is 22.6 Å². The van der Waals surface area contributed by atoms with Gasteiger partial charge in [0.2, 0.25) is 5.91 Å². The molecule has 0 radical (unpaired) electrons. The van der Waals surface area contributed by atoms with Gasteiger partial charge in [-0.2, -0.15) is 13.2 Å². The fourth-order valence-corrected chi connectivity index (χ4v) is 3.59. The number of aromatic amines is 1. The second-order valence-electron chi connectivity index (χ2n) is 7.44. The number of aromatic nitrogens is 1. The van der Waals surface area contributed by atoms with Crippen LogP contribution in [0.2, 0.25) is 0 Å². The zero-order chi connectivity index (χ0) is 22.9. The van der Waals surface area contributed by atoms with Crippen molar-refractivity contribution in [3.63, 3.8) is 0 Å². The molecule has 0 aliphatic carbocycles. The number of carbonyl (C=O) groups is 2. The van der Waals surface area contributed by atoms with Crippen LogP contribution in [0.15, 0.2) is 18.2 Å². The summed E-state index contributed by atoms with van der Waals surface area (Å²) in [5.74, 6) is -0.621. The van der Waals surface area contributed by atoms with Gasteiger partial charge in [0.15, 0.2) is 0 Å². The van der Waals surface area contributed by atoms with E-state index in [0.717, 1.165) is 36.5 Å². The maximum absolute atomic E-state index is 13.0. The number of benzene rings is 1. The summed E-state index contributed by atoms with van der Waals surface area (Å²) in [5.41, 5.74) is 2.67. The number of rotatable bonds is 6. The summed E-state index contributed by atoms with van der Waals surface area (Å²) in [6.07, 6.45) is -2.89. The van der Waals surface area contributed by atoms with Crippen LogP contribution < -0.4 is 10.6 Å². The topological polar surface area (TPSA) is 77.2 Å². The third kappa shape index (κ3) is 4.66. The summed E-state index contributed by atoms with van der Waals surface area (Å²) in [4.78, 5) is 29.9. The summed E-state index contributed by atoms with van der Waals surface area (Å²) in [6, 6.07) is 3.18. The van der Waals surface area contributed by atoms with E-state index in [2.05, 4.69) is 15.6 Å². The summed E-state index contributed by atoms with van der Waals surface area (Å²) < 4.78 is 38.9. The first-order chi connectivity index (χ1) is 14.5. The van der Waals surface area contributed by atoms with E-state index in [4.69, 9.17) is 0 Å². The zero-order valence-electron chi connectivity index (χ0n) is 17.8. The van der Waals surface area contributed by atoms with Crippen molar-refractivity contribution in [2.24, 2.45) is 0 Å². The van der Waals surface area contributed by atoms with E-state index >= 15 is 0 Å². The van der Waals surface area contributed by atoms with Gasteiger partial charge in [0.05, 0.1) is 23.4 Å². The molecule has 0 bridgehead atoms. The van der Waals surface area contributed by atoms with Crippen molar-refractivity contribution in [3.05, 3.63) is 46.3 Å². The lowest BCUT2D eigenvalue weighted by molar-refractivity contribution is -0.137. The first-order valence-electron chi connectivity index (χ1n) is 10.0. The predicted molar refractivity (Wildman–Crippen MR) is 115 cm³/mol. The second kappa shape index (κ2) is 8.58. The Kier molecular flexibility index (Phi) is 6.26. The number of alkyl halides is 3. The Morgan fingerprint density at radius 2 is 1.87 bits per heavy atom. The third-order valence-electron chi connectivity index (χ3n) is 5.42. The Labute approximate surface area is 178 Å². The number of nitrogens with zero attached hydrogens (tertiary/aromatic N) is 1. The molecule has 0 fully saturated rings. The molecule has 0 saturated heterocycles. The van der Waals surface area contributed by atoms with Crippen LogP contribution in [0.1, 0.15) is 41.9 Å². The van der Waals surface area contributed by atoms with Gasteiger partial charge >= 0.3 is 6.18 Å². The summed E-state index contributed by atoms with van der Waals surface area (Å²) >= 11 is 0. The van der Waals surface area contributed by atoms with Crippen molar-refractivity contribution in [2.75, 3.05) is 30.3 Å². The van der Waals surface area contributed by atoms with Crippen LogP contribution in [0.5, 0.6) is 0 Å². The normalized spacial score (nSPS) is 14.8. The summed E-state index contributed by atoms with van der Waals surface area (Å²) in [6.45, 7) is 9.37. The van der Waals surface area contributed by atoms with Crippen LogP contribution >= 0.6 is 0 Å². The highest BCUT2D eigenvalue weighted by molar-refractivity contribution is 6.35. The number of fused-ring (bicyclic) bond motifs is 1. The molecular weight excluding hydrogens is 409 g/mol. The molecule has 2 aromatic rings. The van der Waals surface area contributed by atoms with E-state index in [9.17, 15) is 22.8 Å². The first-order valence-corrected chi connectivity index (χ1v) is 10.0. The molecule has 2 heterocycles. The third-order valence-corrected chi connectivity index (χ3v) is 5.42. The molecule has 6 nitrogen and oxygen atoms in total. The molecular formula is C22H25F3N4O2. The van der Waals surface area contributed by atoms with E-state index in [1.54, 1.807) is 13.0 Å². The zero-order valence-corrected chi connectivity index (χ0v) is 17.8. The van der Waals surface area contributed by atoms with Crippen molar-refractivity contribution in [3.8, 4) is 0 Å². The molecule has 0 atom stereocenters. The van der Waals surface area contributed by atoms with Crippen LogP contribution in [0.4, 0.5) is 24.5 Å². The second-order valence-corrected chi connectivity index (χ2v) is 7.44. The van der Waals surface area contributed by atoms with E-state index in [1.165, 1.54) is 6.07 Å². The van der Waals surface area contributed by atoms with Gasteiger partial charge in [-0.1, -0.05) is 19.9 Å². The molecule has 3 N–H and O–H groups in total. The van der Waals surface area contributed by atoms with Gasteiger partial charge in [0.1, 0.15) is 0 Å². The molecule has 166 valence electrons. The molecule has 0 unspecified atom stereocenters. The van der Waals surface area contributed by atoms with Gasteiger partial charge < -0.3 is 15.6 Å². The number of nitrogens with one attached hydrogen (secondary N) is 3. The summed E-state index contributed by atoms with van der Waals surface area (Å²) in [5, 5.41) is 5.40. The molecule has 1 aliphatic heterocycles. The maximum Gasteiger partial charge on any atom is 0.416 e. The predicted octanol–water partition coefficient (Wildman–Crippen LogP) is 4.42. The molecule has 0 saturated carbocycles. The quantitative estimate of drug-likeness (QED) is 0.589. The SMILES string of the molecule is CCN(CC)CC(=O)Nc1c(C)[nH]c(/C=C2\C(=O)Nc3cc(C(F)(F)F)ccc32)c1C. The van der Waals surface area contributed by atoms with E-state index < -0.39 is 17.6 Å². The molecule has 2 amide bonds. The van der Waals surface area contributed by atoms with E-state index in [1.807, 2.05) is 25.7 Å². The van der Waals surface area contributed by atoms with Gasteiger partial charge in [-0.25, -0.2) is 0 Å². The largest absolute Gasteiger partial charge is 0.416 e. The minimum Gasteiger partial charge on any atom is -0.357 e. The van der Waals surface area contributed by atoms with Crippen molar-refractivity contribution in [1.29, 1.82) is 0 Å². The van der Waals surface area contributed by atoms with Crippen molar-refractivity contribution in [1.82, 2.24) is 9.88 Å². The molecule has 1 aromatic heterocycles.